The van der Waals surface area contributed by atoms with E-state index in [9.17, 15) is 63.0 Å². The highest BCUT2D eigenvalue weighted by Crippen LogP contribution is 2.52. The summed E-state index contributed by atoms with van der Waals surface area (Å²) in [6.45, 7) is 26.2. The van der Waals surface area contributed by atoms with Gasteiger partial charge in [0.05, 0.1) is 49.8 Å². The summed E-state index contributed by atoms with van der Waals surface area (Å²) >= 11 is 0. The molecule has 11 heterocycles. The second-order valence-corrected chi connectivity index (χ2v) is 29.5. The molecular formula is C83H110N8O26. The number of fused-ring (bicyclic) bond motifs is 4. The number of H-pyrrole nitrogens is 5. The van der Waals surface area contributed by atoms with Crippen molar-refractivity contribution in [2.75, 3.05) is 13.2 Å². The normalized spacial score (nSPS) is 28.2. The van der Waals surface area contributed by atoms with E-state index in [-0.39, 0.29) is 40.8 Å². The van der Waals surface area contributed by atoms with Crippen molar-refractivity contribution in [1.29, 1.82) is 0 Å². The number of esters is 3. The number of benzene rings is 3. The minimum absolute atomic E-state index is 0.131. The first kappa shape index (κ1) is 91.2. The molecule has 4 aromatic heterocycles. The molecule has 14 rings (SSSR count). The van der Waals surface area contributed by atoms with E-state index in [4.69, 9.17) is 61.6 Å². The van der Waals surface area contributed by atoms with E-state index in [1.165, 1.54) is 83.5 Å². The minimum atomic E-state index is -1.17. The van der Waals surface area contributed by atoms with E-state index in [0.717, 1.165) is 29.5 Å². The molecular weight excluding hydrogens is 1520 g/mol. The molecule has 0 radical (unpaired) electrons. The van der Waals surface area contributed by atoms with E-state index in [2.05, 4.69) is 47.6 Å². The smallest absolute Gasteiger partial charge is 0.330 e. The third-order valence-electron chi connectivity index (χ3n) is 22.9. The fraction of sp³-hybridized carbons (Fsp3) is 0.554. The second-order valence-electron chi connectivity index (χ2n) is 29.5. The zero-order valence-corrected chi connectivity index (χ0v) is 68.2. The average molecular weight is 1640 g/mol. The van der Waals surface area contributed by atoms with Crippen molar-refractivity contribution in [2.24, 2.45) is 11.8 Å². The van der Waals surface area contributed by atoms with Crippen molar-refractivity contribution >= 4 is 17.9 Å². The molecule has 4 bridgehead atoms. The lowest BCUT2D eigenvalue weighted by Gasteiger charge is -2.33. The van der Waals surface area contributed by atoms with Gasteiger partial charge in [0, 0.05) is 81.7 Å². The highest BCUT2D eigenvalue weighted by Gasteiger charge is 2.62. The van der Waals surface area contributed by atoms with Gasteiger partial charge in [0.15, 0.2) is 37.2 Å². The lowest BCUT2D eigenvalue weighted by atomic mass is 9.88. The predicted octanol–water partition coefficient (Wildman–Crippen LogP) is 6.52. The number of nitrogens with zero attached hydrogens (tertiary/aromatic N) is 3. The SMILES string of the molecule is CCC1(CC)OC(OC(C)=O)[C@@H](OC(C)=O)C1OCc1ccccc1.CCC1(CC)O[C@@H](n2ccc(=O)[nH]c2=O)[C@@H](OC(C)=O)C1OCc1ccccc1.CCC1(CC)O[C@H](O)[C@@H](O)C1OCc1ccccc1.CC[C@]12CO[C@@H](C1C)[C@H](n1ccc(=O)[nH]c1=O)O2.CC[C@]12CO[C@@H](C1C)[C@H](n1ccc(=O)[nH]c1=O)O2.O=c1cc[nH]c(=O)[nH]1. The Labute approximate surface area is 674 Å². The molecule has 0 spiro atoms. The maximum Gasteiger partial charge on any atom is 0.330 e. The Balaban J connectivity index is 0.000000165. The maximum atomic E-state index is 12.4. The van der Waals surface area contributed by atoms with Gasteiger partial charge in [-0.2, -0.15) is 0 Å². The Bertz CT molecular complexity index is 4750. The van der Waals surface area contributed by atoms with Crippen LogP contribution in [0.4, 0.5) is 0 Å². The Hall–Kier alpha value is -9.69. The van der Waals surface area contributed by atoms with Crippen LogP contribution in [-0.4, -0.2) is 169 Å². The molecule has 7 saturated heterocycles. The highest BCUT2D eigenvalue weighted by atomic mass is 16.8. The van der Waals surface area contributed by atoms with Crippen molar-refractivity contribution < 1.29 is 86.2 Å². The summed E-state index contributed by atoms with van der Waals surface area (Å²) < 4.78 is 79.9. The van der Waals surface area contributed by atoms with Gasteiger partial charge in [-0.15, -0.1) is 0 Å². The van der Waals surface area contributed by atoms with Crippen LogP contribution < -0.4 is 45.0 Å². The first-order valence-electron chi connectivity index (χ1n) is 39.6. The summed E-state index contributed by atoms with van der Waals surface area (Å²) in [5, 5.41) is 19.7. The number of rotatable bonds is 23. The van der Waals surface area contributed by atoms with Crippen LogP contribution in [0.15, 0.2) is 178 Å². The van der Waals surface area contributed by atoms with E-state index < -0.39 is 142 Å². The lowest BCUT2D eigenvalue weighted by Crippen LogP contribution is -2.45. The van der Waals surface area contributed by atoms with Gasteiger partial charge in [-0.1, -0.05) is 160 Å². The Kier molecular flexibility index (Phi) is 31.7. The number of nitrogens with one attached hydrogen (secondary N) is 5. The monoisotopic (exact) mass is 1630 g/mol. The van der Waals surface area contributed by atoms with E-state index in [1.54, 1.807) is 0 Å². The molecule has 117 heavy (non-hydrogen) atoms. The number of aliphatic hydroxyl groups excluding tert-OH is 2. The van der Waals surface area contributed by atoms with Gasteiger partial charge >= 0.3 is 40.7 Å². The molecule has 3 aromatic carbocycles. The number of ether oxygens (including phenoxy) is 13. The van der Waals surface area contributed by atoms with Gasteiger partial charge in [-0.3, -0.25) is 67.2 Å². The fourth-order valence-corrected chi connectivity index (χ4v) is 15.9. The summed E-state index contributed by atoms with van der Waals surface area (Å²) in [7, 11) is 0. The third kappa shape index (κ3) is 21.3. The summed E-state index contributed by atoms with van der Waals surface area (Å²) in [5.41, 5.74) is -3.36. The van der Waals surface area contributed by atoms with Gasteiger partial charge in [0.2, 0.25) is 6.29 Å². The quantitative estimate of drug-likeness (QED) is 0.0264. The predicted molar refractivity (Wildman–Crippen MR) is 422 cm³/mol. The average Bonchev–Trinajstić information content (AvgIpc) is 1.60. The van der Waals surface area contributed by atoms with Crippen molar-refractivity contribution in [3.8, 4) is 0 Å². The zero-order valence-electron chi connectivity index (χ0n) is 68.2. The van der Waals surface area contributed by atoms with Crippen LogP contribution in [0.1, 0.15) is 177 Å². The molecule has 0 amide bonds. The fourth-order valence-electron chi connectivity index (χ4n) is 15.9. The number of carbonyl (C=O) groups is 3. The summed E-state index contributed by atoms with van der Waals surface area (Å²) in [5.74, 6) is -0.982. The summed E-state index contributed by atoms with van der Waals surface area (Å²) in [4.78, 5) is 136. The molecule has 7 fully saturated rings. The molecule has 0 saturated carbocycles. The first-order valence-corrected chi connectivity index (χ1v) is 39.6. The lowest BCUT2D eigenvalue weighted by molar-refractivity contribution is -0.205. The number of aromatic amines is 5. The Morgan fingerprint density at radius 2 is 0.769 bits per heavy atom. The van der Waals surface area contributed by atoms with Gasteiger partial charge in [-0.25, -0.2) is 19.2 Å². The maximum absolute atomic E-state index is 12.4. The van der Waals surface area contributed by atoms with Gasteiger partial charge in [0.1, 0.15) is 47.8 Å². The van der Waals surface area contributed by atoms with Gasteiger partial charge < -0.3 is 76.8 Å². The molecule has 7 aliphatic heterocycles. The number of hydrogen-bond acceptors (Lipinski definition) is 26. The first-order chi connectivity index (χ1) is 55.9. The largest absolute Gasteiger partial charge is 0.455 e. The van der Waals surface area contributed by atoms with Crippen molar-refractivity contribution in [3.63, 3.8) is 0 Å². The topological polar surface area (TPSA) is 442 Å². The zero-order chi connectivity index (χ0) is 85.2. The van der Waals surface area contributed by atoms with Crippen molar-refractivity contribution in [2.45, 2.75) is 269 Å². The molecule has 6 unspecified atom stereocenters. The number of hydrogen-bond donors (Lipinski definition) is 7. The summed E-state index contributed by atoms with van der Waals surface area (Å²) in [6.07, 6.45) is 2.63. The van der Waals surface area contributed by atoms with Crippen molar-refractivity contribution in [1.82, 2.24) is 38.6 Å². The van der Waals surface area contributed by atoms with Crippen LogP contribution in [0.25, 0.3) is 0 Å². The Morgan fingerprint density at radius 1 is 0.419 bits per heavy atom. The van der Waals surface area contributed by atoms with E-state index >= 15 is 0 Å². The Morgan fingerprint density at radius 3 is 1.11 bits per heavy atom. The molecule has 34 heteroatoms. The molecule has 638 valence electrons. The number of aliphatic hydroxyl groups is 2. The second kappa shape index (κ2) is 40.6. The van der Waals surface area contributed by atoms with Crippen LogP contribution >= 0.6 is 0 Å². The molecule has 7 aliphatic rings. The number of aromatic nitrogens is 8. The third-order valence-corrected chi connectivity index (χ3v) is 22.9. The van der Waals surface area contributed by atoms with Crippen LogP contribution in [0.5, 0.6) is 0 Å². The summed E-state index contributed by atoms with van der Waals surface area (Å²) in [6, 6.07) is 34.3. The van der Waals surface area contributed by atoms with Gasteiger partial charge in [-0.05, 0) is 68.1 Å². The molecule has 7 N–H and O–H groups in total. The molecule has 17 atom stereocenters. The minimum Gasteiger partial charge on any atom is -0.455 e. The van der Waals surface area contributed by atoms with Crippen LogP contribution in [0.2, 0.25) is 0 Å². The molecule has 7 aromatic rings. The molecule has 34 nitrogen and oxygen atoms in total. The van der Waals surface area contributed by atoms with Crippen molar-refractivity contribution in [3.05, 3.63) is 240 Å². The number of carbonyl (C=O) groups excluding carboxylic acids is 3. The van der Waals surface area contributed by atoms with Gasteiger partial charge in [0.25, 0.3) is 22.2 Å². The standard InChI is InChI=1S/C21H26N2O6.C19H26O6.C15H22O4.2C12H16N2O4.C4H4N2O2/c1-4-21(5-2)18(27-13-15-9-7-6-8-10-15)17(28-14(3)24)19(29-21)23-12-11-16(25)22-20(23)26;1-5-19(6-2)17(22-12-15-10-8-7-9-11-15)16(23-13(3)20)18(25-19)24-14(4)21;1-3-15(4-2)13(12(16)14(17)19-15)18-10-11-8-6-5-7-9-11;2*1-3-12-6-17-9(7(12)2)10(18-12)14-5-4-8(15)13-11(14)16;7-3-1-2-5-4(8)6-3/h6-12,17-19H,4-5,13H2,1-3H3,(H,22,25,26);7-11,16-18H,5-6,12H2,1-4H3;5-9,12-14,16-17H,3-4,10H2,1-2H3;2*4-5,7,9-10H,3,6H2,1-2H3,(H,13,15,16);1-2H,(H2,5,6,7,8)/t17-,18?,19+;16-,17?,18?;12-,13?,14-;2*7?,9-,10+,12-;/m00000./s1. The van der Waals surface area contributed by atoms with Crippen LogP contribution in [0.3, 0.4) is 0 Å². The molecule has 0 aliphatic carbocycles. The van der Waals surface area contributed by atoms with E-state index in [0.29, 0.717) is 71.6 Å². The van der Waals surface area contributed by atoms with Crippen LogP contribution in [0, 0.1) is 11.8 Å². The van der Waals surface area contributed by atoms with Crippen LogP contribution in [-0.2, 0) is 95.8 Å². The highest BCUT2D eigenvalue weighted by molar-refractivity contribution is 5.67. The van der Waals surface area contributed by atoms with E-state index in [1.807, 2.05) is 138 Å².